The van der Waals surface area contributed by atoms with Gasteiger partial charge in [0, 0.05) is 11.6 Å². The van der Waals surface area contributed by atoms with E-state index in [4.69, 9.17) is 22.1 Å². The maximum Gasteiger partial charge on any atom is 0.276 e. The van der Waals surface area contributed by atoms with Crippen molar-refractivity contribution >= 4 is 34.8 Å². The molecule has 9 heteroatoms. The topological polar surface area (TPSA) is 114 Å². The number of nitrogens with two attached hydrogens (primary N) is 1. The molecule has 1 aromatic heterocycles. The Kier molecular flexibility index (Phi) is 6.48. The molecule has 0 unspecified atom stereocenters. The van der Waals surface area contributed by atoms with E-state index in [1.807, 2.05) is 42.5 Å². The van der Waals surface area contributed by atoms with Crippen molar-refractivity contribution < 1.29 is 9.53 Å². The lowest BCUT2D eigenvalue weighted by molar-refractivity contribution is -0.122. The first kappa shape index (κ1) is 19.2. The second-order valence-electron chi connectivity index (χ2n) is 5.74. The SMILES string of the molecule is Nc1c(NCc2ccc(Cl)cc2)ncnc1NNC(=O)COc1ccccc1. The van der Waals surface area contributed by atoms with Crippen molar-refractivity contribution in [3.8, 4) is 5.75 Å². The number of benzene rings is 2. The van der Waals surface area contributed by atoms with Gasteiger partial charge in [0.05, 0.1) is 0 Å². The summed E-state index contributed by atoms with van der Waals surface area (Å²) in [7, 11) is 0. The van der Waals surface area contributed by atoms with Crippen LogP contribution in [0.2, 0.25) is 5.02 Å². The summed E-state index contributed by atoms with van der Waals surface area (Å²) in [6.07, 6.45) is 1.34. The first-order valence-corrected chi connectivity index (χ1v) is 8.81. The molecule has 0 aliphatic rings. The van der Waals surface area contributed by atoms with E-state index in [2.05, 4.69) is 26.1 Å². The van der Waals surface area contributed by atoms with Crippen molar-refractivity contribution in [1.82, 2.24) is 15.4 Å². The summed E-state index contributed by atoms with van der Waals surface area (Å²) in [5.41, 5.74) is 12.5. The van der Waals surface area contributed by atoms with Crippen LogP contribution < -0.4 is 26.6 Å². The summed E-state index contributed by atoms with van der Waals surface area (Å²) >= 11 is 5.88. The number of nitrogen functional groups attached to an aromatic ring is 1. The number of para-hydroxylation sites is 1. The molecule has 28 heavy (non-hydrogen) atoms. The number of nitrogens with zero attached hydrogens (tertiary/aromatic N) is 2. The minimum atomic E-state index is -0.377. The number of ether oxygens (including phenoxy) is 1. The van der Waals surface area contributed by atoms with Crippen molar-refractivity contribution in [3.63, 3.8) is 0 Å². The molecule has 0 saturated heterocycles. The molecule has 0 aliphatic carbocycles. The number of halogens is 1. The summed E-state index contributed by atoms with van der Waals surface area (Å²) in [5.74, 6) is 0.953. The fourth-order valence-electron chi connectivity index (χ4n) is 2.25. The van der Waals surface area contributed by atoms with Crippen molar-refractivity contribution in [2.24, 2.45) is 0 Å². The second kappa shape index (κ2) is 9.43. The van der Waals surface area contributed by atoms with E-state index in [1.54, 1.807) is 12.1 Å². The number of aromatic nitrogens is 2. The van der Waals surface area contributed by atoms with Crippen LogP contribution in [-0.4, -0.2) is 22.5 Å². The number of carbonyl (C=O) groups excluding carboxylic acids is 1. The van der Waals surface area contributed by atoms with Gasteiger partial charge in [0.2, 0.25) is 0 Å². The van der Waals surface area contributed by atoms with Crippen LogP contribution >= 0.6 is 11.6 Å². The molecule has 5 N–H and O–H groups in total. The molecule has 2 aromatic carbocycles. The molecule has 1 heterocycles. The molecule has 1 amide bonds. The summed E-state index contributed by atoms with van der Waals surface area (Å²) in [4.78, 5) is 20.1. The van der Waals surface area contributed by atoms with Crippen LogP contribution in [0, 0.1) is 0 Å². The third-order valence-electron chi connectivity index (χ3n) is 3.69. The van der Waals surface area contributed by atoms with E-state index in [-0.39, 0.29) is 24.0 Å². The number of rotatable bonds is 8. The Hall–Kier alpha value is -3.52. The van der Waals surface area contributed by atoms with Crippen LogP contribution in [0.3, 0.4) is 0 Å². The molecule has 0 radical (unpaired) electrons. The van der Waals surface area contributed by atoms with Crippen LogP contribution in [0.1, 0.15) is 5.56 Å². The number of hydrogen-bond acceptors (Lipinski definition) is 7. The smallest absolute Gasteiger partial charge is 0.276 e. The summed E-state index contributed by atoms with van der Waals surface area (Å²) in [6, 6.07) is 16.5. The molecule has 144 valence electrons. The van der Waals surface area contributed by atoms with Gasteiger partial charge in [-0.05, 0) is 29.8 Å². The lowest BCUT2D eigenvalue weighted by atomic mass is 10.2. The molecule has 0 spiro atoms. The molecule has 3 aromatic rings. The fourth-order valence-corrected chi connectivity index (χ4v) is 2.38. The molecule has 3 rings (SSSR count). The predicted molar refractivity (Wildman–Crippen MR) is 109 cm³/mol. The number of amides is 1. The van der Waals surface area contributed by atoms with E-state index < -0.39 is 0 Å². The third kappa shape index (κ3) is 5.49. The van der Waals surface area contributed by atoms with E-state index in [0.29, 0.717) is 23.1 Å². The van der Waals surface area contributed by atoms with Crippen molar-refractivity contribution in [2.45, 2.75) is 6.54 Å². The third-order valence-corrected chi connectivity index (χ3v) is 3.94. The van der Waals surface area contributed by atoms with E-state index in [0.717, 1.165) is 5.56 Å². The van der Waals surface area contributed by atoms with Gasteiger partial charge < -0.3 is 15.8 Å². The van der Waals surface area contributed by atoms with E-state index in [1.165, 1.54) is 6.33 Å². The van der Waals surface area contributed by atoms with Gasteiger partial charge >= 0.3 is 0 Å². The van der Waals surface area contributed by atoms with E-state index in [9.17, 15) is 4.79 Å². The number of carbonyl (C=O) groups is 1. The van der Waals surface area contributed by atoms with Crippen molar-refractivity contribution in [1.29, 1.82) is 0 Å². The highest BCUT2D eigenvalue weighted by atomic mass is 35.5. The zero-order chi connectivity index (χ0) is 19.8. The molecule has 0 fully saturated rings. The largest absolute Gasteiger partial charge is 0.484 e. The standard InChI is InChI=1S/C19H19ClN6O2/c20-14-8-6-13(7-9-14)10-22-18-17(21)19(24-12-23-18)26-25-16(27)11-28-15-4-2-1-3-5-15/h1-9,12H,10-11,21H2,(H,25,27)(H2,22,23,24,26). The highest BCUT2D eigenvalue weighted by Crippen LogP contribution is 2.22. The van der Waals surface area contributed by atoms with Gasteiger partial charge in [-0.3, -0.25) is 15.6 Å². The van der Waals surface area contributed by atoms with Gasteiger partial charge in [-0.25, -0.2) is 9.97 Å². The highest BCUT2D eigenvalue weighted by Gasteiger charge is 2.09. The van der Waals surface area contributed by atoms with Crippen LogP contribution in [0.25, 0.3) is 0 Å². The van der Waals surface area contributed by atoms with Crippen LogP contribution in [-0.2, 0) is 11.3 Å². The van der Waals surface area contributed by atoms with E-state index >= 15 is 0 Å². The monoisotopic (exact) mass is 398 g/mol. The minimum Gasteiger partial charge on any atom is -0.484 e. The second-order valence-corrected chi connectivity index (χ2v) is 6.18. The normalized spacial score (nSPS) is 10.2. The molecule has 0 saturated carbocycles. The minimum absolute atomic E-state index is 0.149. The number of nitrogens with one attached hydrogen (secondary N) is 3. The Morgan fingerprint density at radius 1 is 1.04 bits per heavy atom. The molecule has 8 nitrogen and oxygen atoms in total. The summed E-state index contributed by atoms with van der Waals surface area (Å²) in [6.45, 7) is 0.360. The highest BCUT2D eigenvalue weighted by molar-refractivity contribution is 6.30. The maximum absolute atomic E-state index is 11.9. The lowest BCUT2D eigenvalue weighted by Gasteiger charge is -2.13. The number of hydrogen-bond donors (Lipinski definition) is 4. The fraction of sp³-hybridized carbons (Fsp3) is 0.105. The quantitative estimate of drug-likeness (QED) is 0.431. The number of hydrazine groups is 1. The zero-order valence-corrected chi connectivity index (χ0v) is 15.6. The Morgan fingerprint density at radius 2 is 1.75 bits per heavy atom. The summed E-state index contributed by atoms with van der Waals surface area (Å²) < 4.78 is 5.37. The van der Waals surface area contributed by atoms with Gasteiger partial charge in [0.1, 0.15) is 17.8 Å². The Balaban J connectivity index is 1.52. The lowest BCUT2D eigenvalue weighted by Crippen LogP contribution is -2.34. The Bertz CT molecular complexity index is 921. The average Bonchev–Trinajstić information content (AvgIpc) is 2.72. The van der Waals surface area contributed by atoms with Gasteiger partial charge in [-0.1, -0.05) is 41.9 Å². The first-order valence-electron chi connectivity index (χ1n) is 8.43. The first-order chi connectivity index (χ1) is 13.6. The van der Waals surface area contributed by atoms with Gasteiger partial charge in [0.15, 0.2) is 18.2 Å². The Labute approximate surface area is 167 Å². The van der Waals surface area contributed by atoms with Crippen LogP contribution in [0.15, 0.2) is 60.9 Å². The molecule has 0 aliphatic heterocycles. The Morgan fingerprint density at radius 3 is 2.50 bits per heavy atom. The average molecular weight is 399 g/mol. The molecular formula is C19H19ClN6O2. The van der Waals surface area contributed by atoms with Crippen molar-refractivity contribution in [3.05, 3.63) is 71.5 Å². The zero-order valence-electron chi connectivity index (χ0n) is 14.9. The maximum atomic E-state index is 11.9. The molecule has 0 bridgehead atoms. The van der Waals surface area contributed by atoms with Crippen LogP contribution in [0.4, 0.5) is 17.3 Å². The molecule has 0 atom stereocenters. The predicted octanol–water partition coefficient (Wildman–Crippen LogP) is 2.85. The van der Waals surface area contributed by atoms with Gasteiger partial charge in [-0.2, -0.15) is 0 Å². The number of anilines is 3. The summed E-state index contributed by atoms with van der Waals surface area (Å²) in [5, 5.41) is 3.80. The van der Waals surface area contributed by atoms with Crippen LogP contribution in [0.5, 0.6) is 5.75 Å². The van der Waals surface area contributed by atoms with Gasteiger partial charge in [-0.15, -0.1) is 0 Å². The van der Waals surface area contributed by atoms with Gasteiger partial charge in [0.25, 0.3) is 5.91 Å². The molecular weight excluding hydrogens is 380 g/mol. The van der Waals surface area contributed by atoms with Crippen molar-refractivity contribution in [2.75, 3.05) is 23.1 Å².